The van der Waals surface area contributed by atoms with Crippen LogP contribution in [-0.2, 0) is 4.79 Å². The fourth-order valence-electron chi connectivity index (χ4n) is 2.75. The van der Waals surface area contributed by atoms with Crippen molar-refractivity contribution in [1.29, 1.82) is 0 Å². The van der Waals surface area contributed by atoms with E-state index in [4.69, 9.17) is 23.2 Å². The van der Waals surface area contributed by atoms with Crippen LogP contribution in [0.3, 0.4) is 0 Å². The number of anilines is 1. The SMILES string of the molecule is O=C1CCCN1CN(C(=O)c1cc(Br)ccc1Cl)c1ccc(F)c(Cl)c1. The summed E-state index contributed by atoms with van der Waals surface area (Å²) in [6.07, 6.45) is 1.19. The van der Waals surface area contributed by atoms with Crippen molar-refractivity contribution in [3.63, 3.8) is 0 Å². The maximum Gasteiger partial charge on any atom is 0.261 e. The lowest BCUT2D eigenvalue weighted by Crippen LogP contribution is -2.42. The first kappa shape index (κ1) is 19.1. The van der Waals surface area contributed by atoms with Crippen LogP contribution in [0.1, 0.15) is 23.2 Å². The maximum absolute atomic E-state index is 13.5. The Kier molecular flexibility index (Phi) is 5.85. The largest absolute Gasteiger partial charge is 0.324 e. The quantitative estimate of drug-likeness (QED) is 0.636. The average Bonchev–Trinajstić information content (AvgIpc) is 3.02. The summed E-state index contributed by atoms with van der Waals surface area (Å²) in [5, 5.41) is 0.178. The molecule has 0 radical (unpaired) electrons. The first-order valence-corrected chi connectivity index (χ1v) is 9.41. The van der Waals surface area contributed by atoms with Crippen LogP contribution in [0, 0.1) is 5.82 Å². The van der Waals surface area contributed by atoms with E-state index in [2.05, 4.69) is 15.9 Å². The topological polar surface area (TPSA) is 40.6 Å². The van der Waals surface area contributed by atoms with Crippen molar-refractivity contribution in [3.8, 4) is 0 Å². The molecule has 1 saturated heterocycles. The van der Waals surface area contributed by atoms with Crippen LogP contribution in [0.15, 0.2) is 40.9 Å². The van der Waals surface area contributed by atoms with Crippen molar-refractivity contribution in [1.82, 2.24) is 4.90 Å². The van der Waals surface area contributed by atoms with E-state index in [0.717, 1.165) is 6.42 Å². The second-order valence-electron chi connectivity index (χ2n) is 5.86. The standard InChI is InChI=1S/C18H14BrCl2FN2O2/c19-11-3-5-14(20)13(8-11)18(26)24(10-23-7-1-2-17(23)25)12-4-6-16(22)15(21)9-12/h3-6,8-9H,1-2,7,10H2. The molecule has 0 atom stereocenters. The Morgan fingerprint density at radius 1 is 1.19 bits per heavy atom. The van der Waals surface area contributed by atoms with Crippen molar-refractivity contribution < 1.29 is 14.0 Å². The van der Waals surface area contributed by atoms with E-state index in [0.29, 0.717) is 23.1 Å². The van der Waals surface area contributed by atoms with Gasteiger partial charge in [-0.15, -0.1) is 0 Å². The highest BCUT2D eigenvalue weighted by atomic mass is 79.9. The zero-order chi connectivity index (χ0) is 18.8. The van der Waals surface area contributed by atoms with Crippen LogP contribution in [-0.4, -0.2) is 29.9 Å². The predicted octanol–water partition coefficient (Wildman–Crippen LogP) is 5.12. The van der Waals surface area contributed by atoms with E-state index in [1.807, 2.05) is 0 Å². The van der Waals surface area contributed by atoms with E-state index in [-0.39, 0.29) is 28.2 Å². The molecule has 0 bridgehead atoms. The monoisotopic (exact) mass is 458 g/mol. The van der Waals surface area contributed by atoms with E-state index >= 15 is 0 Å². The molecule has 1 heterocycles. The number of carbonyl (C=O) groups excluding carboxylic acids is 2. The lowest BCUT2D eigenvalue weighted by Gasteiger charge is -2.28. The fraction of sp³-hybridized carbons (Fsp3) is 0.222. The molecule has 2 aromatic rings. The highest BCUT2D eigenvalue weighted by Gasteiger charge is 2.27. The molecular weight excluding hydrogens is 446 g/mol. The number of benzene rings is 2. The minimum Gasteiger partial charge on any atom is -0.324 e. The van der Waals surface area contributed by atoms with Gasteiger partial charge in [0.25, 0.3) is 5.91 Å². The first-order chi connectivity index (χ1) is 12.4. The molecule has 2 amide bonds. The normalized spacial score (nSPS) is 14.0. The first-order valence-electron chi connectivity index (χ1n) is 7.86. The van der Waals surface area contributed by atoms with Crippen LogP contribution in [0.4, 0.5) is 10.1 Å². The number of halogens is 4. The van der Waals surface area contributed by atoms with Gasteiger partial charge in [0.1, 0.15) is 12.5 Å². The Labute approximate surface area is 168 Å². The smallest absolute Gasteiger partial charge is 0.261 e. The second-order valence-corrected chi connectivity index (χ2v) is 7.59. The Balaban J connectivity index is 2.01. The minimum absolute atomic E-state index is 0.0312. The number of rotatable bonds is 4. The molecule has 1 aliphatic rings. The third kappa shape index (κ3) is 4.03. The predicted molar refractivity (Wildman–Crippen MR) is 103 cm³/mol. The minimum atomic E-state index is -0.583. The van der Waals surface area contributed by atoms with Crippen molar-refractivity contribution in [2.24, 2.45) is 0 Å². The Bertz CT molecular complexity index is 878. The lowest BCUT2D eigenvalue weighted by atomic mass is 10.2. The van der Waals surface area contributed by atoms with Gasteiger partial charge in [0, 0.05) is 23.1 Å². The van der Waals surface area contributed by atoms with Crippen LogP contribution in [0.25, 0.3) is 0 Å². The van der Waals surface area contributed by atoms with Gasteiger partial charge in [-0.2, -0.15) is 0 Å². The summed E-state index contributed by atoms with van der Waals surface area (Å²) in [5.41, 5.74) is 0.658. The van der Waals surface area contributed by atoms with Crippen LogP contribution in [0.2, 0.25) is 10.0 Å². The molecule has 4 nitrogen and oxygen atoms in total. The fourth-order valence-corrected chi connectivity index (χ4v) is 3.48. The summed E-state index contributed by atoms with van der Waals surface area (Å²) in [4.78, 5) is 28.1. The lowest BCUT2D eigenvalue weighted by molar-refractivity contribution is -0.127. The molecule has 2 aromatic carbocycles. The Hall–Kier alpha value is -1.63. The van der Waals surface area contributed by atoms with Gasteiger partial charge in [-0.1, -0.05) is 39.1 Å². The summed E-state index contributed by atoms with van der Waals surface area (Å²) in [6.45, 7) is 0.603. The van der Waals surface area contributed by atoms with Crippen LogP contribution < -0.4 is 4.90 Å². The molecule has 0 spiro atoms. The van der Waals surface area contributed by atoms with Gasteiger partial charge in [0.05, 0.1) is 15.6 Å². The molecule has 8 heteroatoms. The molecule has 0 N–H and O–H groups in total. The number of amides is 2. The van der Waals surface area contributed by atoms with Gasteiger partial charge in [0.15, 0.2) is 0 Å². The van der Waals surface area contributed by atoms with Crippen molar-refractivity contribution >= 4 is 56.6 Å². The molecular formula is C18H14BrCl2FN2O2. The summed E-state index contributed by atoms with van der Waals surface area (Å²) in [6, 6.07) is 8.94. The van der Waals surface area contributed by atoms with E-state index in [1.54, 1.807) is 23.1 Å². The third-order valence-corrected chi connectivity index (χ3v) is 5.21. The molecule has 1 aliphatic heterocycles. The van der Waals surface area contributed by atoms with E-state index < -0.39 is 11.7 Å². The molecule has 0 unspecified atom stereocenters. The molecule has 136 valence electrons. The molecule has 3 rings (SSSR count). The highest BCUT2D eigenvalue weighted by molar-refractivity contribution is 9.10. The number of hydrogen-bond donors (Lipinski definition) is 0. The highest BCUT2D eigenvalue weighted by Crippen LogP contribution is 2.28. The Morgan fingerprint density at radius 3 is 2.62 bits per heavy atom. The third-order valence-electron chi connectivity index (χ3n) is 4.10. The number of carbonyl (C=O) groups is 2. The summed E-state index contributed by atoms with van der Waals surface area (Å²) < 4.78 is 14.2. The molecule has 0 aromatic heterocycles. The van der Waals surface area contributed by atoms with Crippen molar-refractivity contribution in [2.45, 2.75) is 12.8 Å². The zero-order valence-corrected chi connectivity index (χ0v) is 16.6. The van der Waals surface area contributed by atoms with Gasteiger partial charge in [-0.05, 0) is 42.8 Å². The Morgan fingerprint density at radius 2 is 1.96 bits per heavy atom. The maximum atomic E-state index is 13.5. The van der Waals surface area contributed by atoms with Gasteiger partial charge < -0.3 is 4.90 Å². The van der Waals surface area contributed by atoms with E-state index in [1.165, 1.54) is 23.1 Å². The number of hydrogen-bond acceptors (Lipinski definition) is 2. The van der Waals surface area contributed by atoms with Gasteiger partial charge in [-0.3, -0.25) is 14.5 Å². The van der Waals surface area contributed by atoms with Crippen LogP contribution in [0.5, 0.6) is 0 Å². The van der Waals surface area contributed by atoms with Gasteiger partial charge >= 0.3 is 0 Å². The van der Waals surface area contributed by atoms with Crippen molar-refractivity contribution in [2.75, 3.05) is 18.1 Å². The molecule has 26 heavy (non-hydrogen) atoms. The second kappa shape index (κ2) is 7.94. The number of nitrogens with zero attached hydrogens (tertiary/aromatic N) is 2. The van der Waals surface area contributed by atoms with Gasteiger partial charge in [0.2, 0.25) is 5.91 Å². The summed E-state index contributed by atoms with van der Waals surface area (Å²) in [7, 11) is 0. The summed E-state index contributed by atoms with van der Waals surface area (Å²) in [5.74, 6) is -1.02. The van der Waals surface area contributed by atoms with Gasteiger partial charge in [-0.25, -0.2) is 4.39 Å². The molecule has 0 saturated carbocycles. The average molecular weight is 460 g/mol. The molecule has 1 fully saturated rings. The summed E-state index contributed by atoms with van der Waals surface area (Å²) >= 11 is 15.4. The zero-order valence-electron chi connectivity index (χ0n) is 13.5. The van der Waals surface area contributed by atoms with E-state index in [9.17, 15) is 14.0 Å². The number of likely N-dealkylation sites (tertiary alicyclic amines) is 1. The van der Waals surface area contributed by atoms with Crippen LogP contribution >= 0.6 is 39.1 Å². The van der Waals surface area contributed by atoms with Crippen molar-refractivity contribution in [3.05, 3.63) is 62.3 Å². The molecule has 0 aliphatic carbocycles.